The molecule has 6 N–H and O–H groups in total. The third-order valence-electron chi connectivity index (χ3n) is 5.41. The Morgan fingerprint density at radius 2 is 1.84 bits per heavy atom. The Balaban J connectivity index is 1.36. The first-order chi connectivity index (χ1) is 18.4. The van der Waals surface area contributed by atoms with Crippen molar-refractivity contribution in [2.75, 3.05) is 30.9 Å². The van der Waals surface area contributed by atoms with E-state index in [-0.39, 0.29) is 18.1 Å². The largest absolute Gasteiger partial charge is 0.457 e. The van der Waals surface area contributed by atoms with E-state index >= 15 is 0 Å². The summed E-state index contributed by atoms with van der Waals surface area (Å²) in [6.07, 6.45) is 3.21. The van der Waals surface area contributed by atoms with Gasteiger partial charge in [-0.15, -0.1) is 0 Å². The van der Waals surface area contributed by atoms with Crippen molar-refractivity contribution >= 4 is 23.3 Å². The summed E-state index contributed by atoms with van der Waals surface area (Å²) in [7, 11) is 1.57. The average Bonchev–Trinajstić information content (AvgIpc) is 3.42. The topological polar surface area (TPSA) is 143 Å². The zero-order valence-corrected chi connectivity index (χ0v) is 20.6. The lowest BCUT2D eigenvalue weighted by Crippen LogP contribution is -2.26. The first kappa shape index (κ1) is 26.3. The van der Waals surface area contributed by atoms with E-state index in [1.165, 1.54) is 12.1 Å². The molecule has 0 atom stereocenters. The number of methoxy groups -OCH3 is 1. The van der Waals surface area contributed by atoms with E-state index < -0.39 is 11.8 Å². The number of anilines is 2. The Hall–Kier alpha value is -4.74. The summed E-state index contributed by atoms with van der Waals surface area (Å²) >= 11 is 0. The number of carbonyl (C=O) groups is 2. The normalized spacial score (nSPS) is 10.6. The number of benzene rings is 2. The number of rotatable bonds is 10. The number of nitrogens with one attached hydrogen (secondary N) is 4. The number of hydrogen-bond acceptors (Lipinski definition) is 6. The van der Waals surface area contributed by atoms with Gasteiger partial charge in [-0.05, 0) is 54.1 Å². The number of aromatic nitrogens is 2. The molecule has 0 aliphatic rings. The lowest BCUT2D eigenvalue weighted by molar-refractivity contribution is 0.0937. The highest BCUT2D eigenvalue weighted by atomic mass is 19.1. The van der Waals surface area contributed by atoms with Crippen LogP contribution in [0.1, 0.15) is 15.9 Å². The molecule has 4 rings (SSSR count). The van der Waals surface area contributed by atoms with Crippen LogP contribution >= 0.6 is 0 Å². The zero-order chi connectivity index (χ0) is 26.9. The van der Waals surface area contributed by atoms with Crippen molar-refractivity contribution in [3.63, 3.8) is 0 Å². The quantitative estimate of drug-likeness (QED) is 0.196. The molecule has 0 radical (unpaired) electrons. The van der Waals surface area contributed by atoms with E-state index in [2.05, 4.69) is 25.9 Å². The maximum atomic E-state index is 14.0. The van der Waals surface area contributed by atoms with Gasteiger partial charge in [-0.1, -0.05) is 6.07 Å². The number of ether oxygens (including phenoxy) is 2. The third-order valence-corrected chi connectivity index (χ3v) is 5.41. The second kappa shape index (κ2) is 12.5. The van der Waals surface area contributed by atoms with Gasteiger partial charge in [0, 0.05) is 44.3 Å². The molecule has 196 valence electrons. The summed E-state index contributed by atoms with van der Waals surface area (Å²) in [6, 6.07) is 15.5. The number of halogens is 1. The molecule has 2 heterocycles. The second-order valence-electron chi connectivity index (χ2n) is 8.15. The van der Waals surface area contributed by atoms with Crippen LogP contribution in [0, 0.1) is 5.82 Å². The van der Waals surface area contributed by atoms with Crippen LogP contribution in [0.3, 0.4) is 0 Å². The zero-order valence-electron chi connectivity index (χ0n) is 20.6. The van der Waals surface area contributed by atoms with Crippen molar-refractivity contribution in [1.82, 2.24) is 15.3 Å². The molecule has 4 aromatic rings. The molecule has 0 saturated heterocycles. The number of urea groups is 1. The molecular formula is C27H27FN6O4. The Kier molecular flexibility index (Phi) is 8.65. The Bertz CT molecular complexity index is 1410. The molecule has 0 fully saturated rings. The highest BCUT2D eigenvalue weighted by Gasteiger charge is 2.11. The number of nitrogens with zero attached hydrogens (tertiary/aromatic N) is 1. The van der Waals surface area contributed by atoms with E-state index in [4.69, 9.17) is 15.2 Å². The fourth-order valence-corrected chi connectivity index (χ4v) is 3.49. The predicted octanol–water partition coefficient (Wildman–Crippen LogP) is 4.49. The van der Waals surface area contributed by atoms with Crippen LogP contribution in [0.15, 0.2) is 73.1 Å². The minimum absolute atomic E-state index is 0.0415. The Labute approximate surface area is 218 Å². The summed E-state index contributed by atoms with van der Waals surface area (Å²) in [4.78, 5) is 31.9. The van der Waals surface area contributed by atoms with Gasteiger partial charge in [0.25, 0.3) is 5.91 Å². The van der Waals surface area contributed by atoms with Crippen molar-refractivity contribution in [2.24, 2.45) is 5.73 Å². The minimum atomic E-state index is -0.594. The smallest absolute Gasteiger partial charge is 0.323 e. The van der Waals surface area contributed by atoms with Gasteiger partial charge in [0.15, 0.2) is 0 Å². The van der Waals surface area contributed by atoms with Crippen molar-refractivity contribution in [3.05, 3.63) is 90.0 Å². The number of amides is 3. The summed E-state index contributed by atoms with van der Waals surface area (Å²) in [5, 5.41) is 7.89. The minimum Gasteiger partial charge on any atom is -0.457 e. The van der Waals surface area contributed by atoms with Crippen LogP contribution in [0.2, 0.25) is 0 Å². The van der Waals surface area contributed by atoms with Crippen LogP contribution in [0.25, 0.3) is 11.4 Å². The van der Waals surface area contributed by atoms with Gasteiger partial charge in [-0.3, -0.25) is 9.78 Å². The number of pyridine rings is 1. The van der Waals surface area contributed by atoms with Crippen LogP contribution < -0.4 is 26.4 Å². The number of carbonyl (C=O) groups excluding carboxylic acids is 2. The predicted molar refractivity (Wildman–Crippen MR) is 142 cm³/mol. The summed E-state index contributed by atoms with van der Waals surface area (Å²) in [5.74, 6) is 0.288. The molecule has 0 bridgehead atoms. The monoisotopic (exact) mass is 518 g/mol. The second-order valence-corrected chi connectivity index (χ2v) is 8.15. The molecule has 10 nitrogen and oxygen atoms in total. The van der Waals surface area contributed by atoms with E-state index in [0.29, 0.717) is 52.9 Å². The Morgan fingerprint density at radius 3 is 2.61 bits per heavy atom. The van der Waals surface area contributed by atoms with Crippen LogP contribution in [-0.2, 0) is 11.3 Å². The molecular weight excluding hydrogens is 491 g/mol. The molecule has 2 aromatic carbocycles. The lowest BCUT2D eigenvalue weighted by Gasteiger charge is -2.11. The van der Waals surface area contributed by atoms with Gasteiger partial charge in [-0.2, -0.15) is 0 Å². The number of aromatic amines is 1. The molecule has 38 heavy (non-hydrogen) atoms. The third kappa shape index (κ3) is 6.93. The number of nitrogens with two attached hydrogens (primary N) is 1. The number of H-pyrrole nitrogens is 1. The summed E-state index contributed by atoms with van der Waals surface area (Å²) in [5.41, 5.74) is 8.54. The molecule has 3 amide bonds. The van der Waals surface area contributed by atoms with Gasteiger partial charge in [0.2, 0.25) is 0 Å². The first-order valence-corrected chi connectivity index (χ1v) is 11.7. The van der Waals surface area contributed by atoms with E-state index in [1.807, 2.05) is 0 Å². The average molecular weight is 519 g/mol. The SMILES string of the molecule is COCCNC(=O)c1c[nH]c(-c2cc(Oc3ccc(NC(=O)Nc4cc(CN)ccc4F)cc3)ccn2)c1. The van der Waals surface area contributed by atoms with Crippen LogP contribution in [0.4, 0.5) is 20.6 Å². The van der Waals surface area contributed by atoms with E-state index in [0.717, 1.165) is 0 Å². The van der Waals surface area contributed by atoms with E-state index in [9.17, 15) is 14.0 Å². The molecule has 2 aromatic heterocycles. The molecule has 11 heteroatoms. The van der Waals surface area contributed by atoms with Gasteiger partial charge in [0.05, 0.1) is 29.2 Å². The molecule has 0 spiro atoms. The first-order valence-electron chi connectivity index (χ1n) is 11.7. The van der Waals surface area contributed by atoms with Crippen LogP contribution in [-0.4, -0.2) is 42.2 Å². The molecule has 0 aliphatic heterocycles. The van der Waals surface area contributed by atoms with Gasteiger partial charge in [0.1, 0.15) is 17.3 Å². The fourth-order valence-electron chi connectivity index (χ4n) is 3.49. The Morgan fingerprint density at radius 1 is 1.03 bits per heavy atom. The van der Waals surface area contributed by atoms with Crippen molar-refractivity contribution in [1.29, 1.82) is 0 Å². The van der Waals surface area contributed by atoms with Crippen LogP contribution in [0.5, 0.6) is 11.5 Å². The highest BCUT2D eigenvalue weighted by Crippen LogP contribution is 2.27. The fraction of sp³-hybridized carbons (Fsp3) is 0.148. The maximum Gasteiger partial charge on any atom is 0.323 e. The molecule has 0 unspecified atom stereocenters. The summed E-state index contributed by atoms with van der Waals surface area (Å²) in [6.45, 7) is 1.07. The maximum absolute atomic E-state index is 14.0. The lowest BCUT2D eigenvalue weighted by atomic mass is 10.2. The molecule has 0 saturated carbocycles. The van der Waals surface area contributed by atoms with Gasteiger partial charge >= 0.3 is 6.03 Å². The summed E-state index contributed by atoms with van der Waals surface area (Å²) < 4.78 is 24.8. The van der Waals surface area contributed by atoms with Crippen molar-refractivity contribution in [2.45, 2.75) is 6.54 Å². The standard InChI is InChI=1S/C27H27FN6O4/c1-37-11-10-31-26(35)18-13-24(32-16-18)25-14-21(8-9-30-25)38-20-5-3-19(4-6-20)33-27(36)34-23-12-17(15-29)2-7-22(23)28/h2-9,12-14,16,32H,10-11,15,29H2,1H3,(H,31,35)(H2,33,34,36). The van der Waals surface area contributed by atoms with Gasteiger partial charge < -0.3 is 36.1 Å². The van der Waals surface area contributed by atoms with E-state index in [1.54, 1.807) is 68.0 Å². The number of hydrogen-bond donors (Lipinski definition) is 5. The van der Waals surface area contributed by atoms with Crippen molar-refractivity contribution in [3.8, 4) is 22.9 Å². The molecule has 0 aliphatic carbocycles. The van der Waals surface area contributed by atoms with Gasteiger partial charge in [-0.25, -0.2) is 9.18 Å². The highest BCUT2D eigenvalue weighted by molar-refractivity contribution is 6.00. The van der Waals surface area contributed by atoms with Crippen molar-refractivity contribution < 1.29 is 23.5 Å².